The zero-order valence-electron chi connectivity index (χ0n) is 59.6. The Bertz CT molecular complexity index is 4130. The van der Waals surface area contributed by atoms with Gasteiger partial charge in [-0.05, 0) is 146 Å². The number of hydrogen-bond acceptors (Lipinski definition) is 18. The number of ether oxygens (including phenoxy) is 7. The molecule has 4 aliphatic rings. The van der Waals surface area contributed by atoms with Gasteiger partial charge in [-0.25, -0.2) is 0 Å². The number of rotatable bonds is 31. The molecule has 0 amide bonds. The number of methoxy groups -OCH3 is 1. The van der Waals surface area contributed by atoms with Crippen LogP contribution in [-0.4, -0.2) is 180 Å². The van der Waals surface area contributed by atoms with Crippen LogP contribution in [0.2, 0.25) is 35.2 Å². The van der Waals surface area contributed by atoms with E-state index in [1.165, 1.54) is 17.7 Å². The van der Waals surface area contributed by atoms with Crippen molar-refractivity contribution in [2.75, 3.05) is 157 Å². The van der Waals surface area contributed by atoms with Crippen molar-refractivity contribution in [3.63, 3.8) is 0 Å². The van der Waals surface area contributed by atoms with Crippen LogP contribution in [0, 0.1) is 20.2 Å². The number of aliphatic hydroxyl groups is 1. The van der Waals surface area contributed by atoms with Gasteiger partial charge in [-0.15, -0.1) is 0 Å². The first kappa shape index (κ1) is 85.1. The summed E-state index contributed by atoms with van der Waals surface area (Å²) in [6.07, 6.45) is 0. The Balaban J connectivity index is 0.000000237. The van der Waals surface area contributed by atoms with Gasteiger partial charge in [0.2, 0.25) is 0 Å². The Kier molecular flexibility index (Phi) is 33.8. The fourth-order valence-corrected chi connectivity index (χ4v) is 16.0. The van der Waals surface area contributed by atoms with E-state index in [1.54, 1.807) is 50.4 Å². The van der Waals surface area contributed by atoms with Crippen LogP contribution in [0.5, 0.6) is 5.75 Å². The van der Waals surface area contributed by atoms with Crippen LogP contribution in [0.4, 0.5) is 22.7 Å². The summed E-state index contributed by atoms with van der Waals surface area (Å²) >= 11 is 45.7. The van der Waals surface area contributed by atoms with E-state index in [0.717, 1.165) is 118 Å². The molecule has 0 aromatic heterocycles. The summed E-state index contributed by atoms with van der Waals surface area (Å²) in [4.78, 5) is 31.3. The predicted octanol–water partition coefficient (Wildman–Crippen LogP) is 16.2. The van der Waals surface area contributed by atoms with Gasteiger partial charge >= 0.3 is 0 Å². The van der Waals surface area contributed by atoms with E-state index in [-0.39, 0.29) is 68.6 Å². The average Bonchev–Trinajstić information content (AvgIpc) is 0.795. The zero-order chi connectivity index (χ0) is 75.2. The molecule has 0 spiro atoms. The maximum absolute atomic E-state index is 11.5. The first-order valence-corrected chi connectivity index (χ1v) is 37.9. The van der Waals surface area contributed by atoms with Crippen LogP contribution in [0.1, 0.15) is 97.4 Å². The molecule has 4 unspecified atom stereocenters. The molecule has 4 atom stereocenters. The van der Waals surface area contributed by atoms with Gasteiger partial charge in [0.25, 0.3) is 11.4 Å². The molecular weight excluding hydrogens is 1560 g/mol. The normalized spacial score (nSPS) is 17.1. The third-order valence-electron chi connectivity index (χ3n) is 19.1. The molecule has 8 aromatic carbocycles. The van der Waals surface area contributed by atoms with Crippen LogP contribution < -0.4 is 16.2 Å². The van der Waals surface area contributed by atoms with Gasteiger partial charge in [-0.2, -0.15) is 0 Å². The molecule has 0 fully saturated rings. The van der Waals surface area contributed by atoms with E-state index in [9.17, 15) is 20.2 Å². The molecule has 12 rings (SSSR count). The van der Waals surface area contributed by atoms with Gasteiger partial charge < -0.3 is 49.7 Å². The Labute approximate surface area is 670 Å². The second-order valence-corrected chi connectivity index (χ2v) is 29.2. The van der Waals surface area contributed by atoms with Crippen molar-refractivity contribution in [1.82, 2.24) is 19.6 Å². The first-order valence-electron chi connectivity index (χ1n) is 35.2. The largest absolute Gasteiger partial charge is 0.497 e. The molecule has 107 heavy (non-hydrogen) atoms. The maximum Gasteiger partial charge on any atom is 0.269 e. The Morgan fingerprint density at radius 1 is 0.402 bits per heavy atom. The number of aliphatic hydroxyl groups excluding tert-OH is 1. The van der Waals surface area contributed by atoms with E-state index in [2.05, 4.69) is 37.8 Å². The summed E-state index contributed by atoms with van der Waals surface area (Å²) in [5, 5.41) is 34.7. The fourth-order valence-electron chi connectivity index (χ4n) is 14.1. The third kappa shape index (κ3) is 24.0. The quantitative estimate of drug-likeness (QED) is 0.0120. The van der Waals surface area contributed by atoms with Gasteiger partial charge in [-0.3, -0.25) is 39.8 Å². The van der Waals surface area contributed by atoms with Crippen molar-refractivity contribution in [1.29, 1.82) is 0 Å². The Hall–Kier alpha value is -5.93. The van der Waals surface area contributed by atoms with Crippen molar-refractivity contribution in [2.24, 2.45) is 0 Å². The number of nitrogen functional groups attached to an aromatic ring is 2. The van der Waals surface area contributed by atoms with E-state index in [1.807, 2.05) is 78.9 Å². The van der Waals surface area contributed by atoms with Gasteiger partial charge in [-0.1, -0.05) is 130 Å². The minimum Gasteiger partial charge on any atom is -0.497 e. The number of nitrogens with zero attached hydrogens (tertiary/aromatic N) is 6. The minimum absolute atomic E-state index is 0. The Morgan fingerprint density at radius 3 is 0.944 bits per heavy atom. The summed E-state index contributed by atoms with van der Waals surface area (Å²) in [5.41, 5.74) is 26.3. The number of hydrogen-bond donors (Lipinski definition) is 3. The van der Waals surface area contributed by atoms with Crippen LogP contribution >= 0.6 is 81.2 Å². The topological polar surface area (TPSA) is 236 Å². The molecule has 0 aliphatic carbocycles. The number of benzene rings is 8. The van der Waals surface area contributed by atoms with E-state index in [0.29, 0.717) is 154 Å². The number of nitrogens with two attached hydrogens (primary N) is 2. The van der Waals surface area contributed by atoms with Crippen LogP contribution in [0.25, 0.3) is 0 Å². The molecule has 574 valence electrons. The summed E-state index contributed by atoms with van der Waals surface area (Å²) in [5.74, 6) is 0.757. The zero-order valence-corrected chi connectivity index (χ0v) is 66.0. The van der Waals surface area contributed by atoms with Crippen molar-refractivity contribution >= 4 is 104 Å². The third-order valence-corrected chi connectivity index (χ3v) is 21.1. The van der Waals surface area contributed by atoms with Crippen molar-refractivity contribution in [3.05, 3.63) is 268 Å². The molecule has 20 nitrogen and oxygen atoms in total. The molecule has 0 bridgehead atoms. The minimum atomic E-state index is -0.387. The second kappa shape index (κ2) is 42.5. The number of fused-ring (bicyclic) bond motifs is 4. The summed E-state index contributed by atoms with van der Waals surface area (Å²) < 4.78 is 40.7. The standard InChI is InChI=1S/C39H45Cl3N4O4.C38H38Cl4N4O7.C2H6O.Fe/c1-47-31-20-33-35(27-5-3-7-30(44)17-27)23-46(25-37(33)39(42)21-31)9-11-49-13-15-50-14-12-48-10-8-45-22-34(26-4-2-6-29(43)16-26)32-18-28(40)19-38(41)36(32)24-45;39-27-17-31-33(25-3-1-5-29(15-25)45(47)48)21-43(23-35(31)37(41)19-27)7-9-51-11-13-53-14-12-52-10-8-44-22-34(26-4-2-6-30(16-26)46(49)50)32-18-28(40)20-38(42)36(32)24-44;1-2-3;/h2-7,16-21,34-35H,8-15,22-25,43-44H2,1H3;1-6,15-20,33-34H,7-14,21-24H2;3H,2H2,1H3;. The summed E-state index contributed by atoms with van der Waals surface area (Å²) in [6, 6.07) is 44.6. The Morgan fingerprint density at radius 2 is 0.664 bits per heavy atom. The molecule has 8 aromatic rings. The molecule has 0 saturated carbocycles. The molecule has 4 aliphatic heterocycles. The molecule has 0 saturated heterocycles. The second-order valence-electron chi connectivity index (χ2n) is 26.2. The predicted molar refractivity (Wildman–Crippen MR) is 421 cm³/mol. The molecule has 5 N–H and O–H groups in total. The maximum atomic E-state index is 11.5. The SMILES string of the molecule is CCO.COc1cc(Cl)c2c(c1)C(c1cccc(N)c1)CN(CCOCCOCCOCCN1Cc3c(Cl)cc(Cl)cc3C(c3cccc(N)c3)C1)C2.O=[N+]([O-])c1cccc(C2CN(CCOCCOCCOCCN3Cc4c(Cl)cc(Cl)cc4C(c4cccc([N+](=O)[O-])c4)C3)Cc3c(Cl)cc(Cl)cc32)c1.[Fe]. The van der Waals surface area contributed by atoms with Crippen molar-refractivity contribution < 1.29 is 65.2 Å². The van der Waals surface area contributed by atoms with Gasteiger partial charge in [0.05, 0.1) is 96.2 Å². The number of non-ortho nitro benzene ring substituents is 2. The fraction of sp³-hybridized carbons (Fsp3) is 0.392. The molecule has 4 heterocycles. The van der Waals surface area contributed by atoms with Crippen molar-refractivity contribution in [2.45, 2.75) is 56.8 Å². The smallest absolute Gasteiger partial charge is 0.269 e. The van der Waals surface area contributed by atoms with Crippen molar-refractivity contribution in [3.8, 4) is 5.75 Å². The molecule has 0 radical (unpaired) electrons. The van der Waals surface area contributed by atoms with E-state index < -0.39 is 0 Å². The number of anilines is 2. The van der Waals surface area contributed by atoms with E-state index >= 15 is 0 Å². The molecular formula is C79H89Cl7FeN8O12. The number of nitro benzene ring substituents is 2. The number of halogens is 7. The van der Waals surface area contributed by atoms with E-state index in [4.69, 9.17) is 131 Å². The van der Waals surface area contributed by atoms with Gasteiger partial charge in [0.15, 0.2) is 0 Å². The van der Waals surface area contributed by atoms with Gasteiger partial charge in [0, 0.05) is 197 Å². The summed E-state index contributed by atoms with van der Waals surface area (Å²) in [7, 11) is 1.67. The number of nitro groups is 2. The first-order chi connectivity index (χ1) is 51.3. The van der Waals surface area contributed by atoms with Crippen LogP contribution in [-0.2, 0) is 71.7 Å². The van der Waals surface area contributed by atoms with Gasteiger partial charge in [0.1, 0.15) is 5.75 Å². The monoisotopic (exact) mass is 1640 g/mol. The summed E-state index contributed by atoms with van der Waals surface area (Å²) in [6.45, 7) is 16.4. The average molecular weight is 1650 g/mol. The van der Waals surface area contributed by atoms with Crippen LogP contribution in [0.15, 0.2) is 146 Å². The molecule has 28 heteroatoms. The van der Waals surface area contributed by atoms with Crippen LogP contribution in [0.3, 0.4) is 0 Å².